The van der Waals surface area contributed by atoms with E-state index in [2.05, 4.69) is 10.3 Å². The molecule has 1 amide bonds. The van der Waals surface area contributed by atoms with Crippen molar-refractivity contribution in [2.24, 2.45) is 0 Å². The predicted molar refractivity (Wildman–Crippen MR) is 74.2 cm³/mol. The molecule has 98 valence electrons. The van der Waals surface area contributed by atoms with Crippen LogP contribution in [0.3, 0.4) is 0 Å². The number of nitrogens with zero attached hydrogens (tertiary/aromatic N) is 1. The number of pyridine rings is 1. The highest BCUT2D eigenvalue weighted by atomic mass is 16.5. The summed E-state index contributed by atoms with van der Waals surface area (Å²) in [6, 6.07) is 10.6. The van der Waals surface area contributed by atoms with Crippen molar-refractivity contribution in [1.29, 1.82) is 0 Å². The zero-order valence-electron chi connectivity index (χ0n) is 10.8. The number of nitrogens with two attached hydrogens (primary N) is 1. The van der Waals surface area contributed by atoms with Gasteiger partial charge < -0.3 is 15.8 Å². The molecule has 1 aromatic carbocycles. The number of aromatic nitrogens is 1. The van der Waals surface area contributed by atoms with Gasteiger partial charge in [0, 0.05) is 13.0 Å². The number of nitrogens with one attached hydrogen (secondary N) is 1. The Morgan fingerprint density at radius 2 is 2.00 bits per heavy atom. The summed E-state index contributed by atoms with van der Waals surface area (Å²) in [7, 11) is 0. The smallest absolute Gasteiger partial charge is 0.221 e. The zero-order valence-corrected chi connectivity index (χ0v) is 10.8. The van der Waals surface area contributed by atoms with E-state index in [4.69, 9.17) is 10.5 Å². The van der Waals surface area contributed by atoms with Crippen molar-refractivity contribution in [3.63, 3.8) is 0 Å². The van der Waals surface area contributed by atoms with Gasteiger partial charge in [0.1, 0.15) is 0 Å². The maximum Gasteiger partial charge on any atom is 0.221 e. The molecule has 0 bridgehead atoms. The summed E-state index contributed by atoms with van der Waals surface area (Å²) in [6.45, 7) is 3.25. The quantitative estimate of drug-likeness (QED) is 0.886. The van der Waals surface area contributed by atoms with E-state index in [1.807, 2.05) is 19.1 Å². The number of hydrogen-bond donors (Lipinski definition) is 2. The van der Waals surface area contributed by atoms with Gasteiger partial charge in [-0.05, 0) is 25.1 Å². The third-order valence-electron chi connectivity index (χ3n) is 2.51. The summed E-state index contributed by atoms with van der Waals surface area (Å²) in [5.41, 5.74) is 7.62. The van der Waals surface area contributed by atoms with Gasteiger partial charge in [0.05, 0.1) is 17.1 Å². The molecule has 1 aromatic heterocycles. The van der Waals surface area contributed by atoms with Crippen molar-refractivity contribution < 1.29 is 9.53 Å². The summed E-state index contributed by atoms with van der Waals surface area (Å²) < 4.78 is 5.66. The minimum absolute atomic E-state index is 0.155. The number of hydrogen-bond acceptors (Lipinski definition) is 4. The number of para-hydroxylation sites is 2. The van der Waals surface area contributed by atoms with E-state index in [0.29, 0.717) is 28.7 Å². The summed E-state index contributed by atoms with van der Waals surface area (Å²) >= 11 is 0. The van der Waals surface area contributed by atoms with Gasteiger partial charge >= 0.3 is 0 Å². The maximum atomic E-state index is 11.1. The lowest BCUT2D eigenvalue weighted by Gasteiger charge is -2.11. The second kappa shape index (κ2) is 5.39. The largest absolute Gasteiger partial charge is 0.437 e. The third kappa shape index (κ3) is 3.22. The molecule has 0 radical (unpaired) electrons. The topological polar surface area (TPSA) is 77.2 Å². The molecule has 5 nitrogen and oxygen atoms in total. The molecular formula is C14H15N3O2. The van der Waals surface area contributed by atoms with Crippen molar-refractivity contribution in [1.82, 2.24) is 4.98 Å². The van der Waals surface area contributed by atoms with Crippen molar-refractivity contribution in [3.8, 4) is 11.6 Å². The van der Waals surface area contributed by atoms with Crippen molar-refractivity contribution >= 4 is 17.3 Å². The summed E-state index contributed by atoms with van der Waals surface area (Å²) in [4.78, 5) is 15.3. The van der Waals surface area contributed by atoms with Crippen LogP contribution < -0.4 is 15.8 Å². The fourth-order valence-corrected chi connectivity index (χ4v) is 1.57. The summed E-state index contributed by atoms with van der Waals surface area (Å²) in [5.74, 6) is 0.816. The normalized spacial score (nSPS) is 10.0. The van der Waals surface area contributed by atoms with E-state index >= 15 is 0 Å². The molecule has 5 heteroatoms. The number of carbonyl (C=O) groups excluding carboxylic acids is 1. The Hall–Kier alpha value is -2.56. The van der Waals surface area contributed by atoms with Crippen LogP contribution in [0.25, 0.3) is 0 Å². The maximum absolute atomic E-state index is 11.1. The molecule has 0 atom stereocenters. The molecule has 2 aromatic rings. The number of rotatable bonds is 3. The lowest BCUT2D eigenvalue weighted by atomic mass is 10.3. The number of nitrogen functional groups attached to an aromatic ring is 1. The second-order valence-corrected chi connectivity index (χ2v) is 4.10. The van der Waals surface area contributed by atoms with E-state index < -0.39 is 0 Å². The molecular weight excluding hydrogens is 242 g/mol. The summed E-state index contributed by atoms with van der Waals surface area (Å²) in [6.07, 6.45) is 0. The number of carbonyl (C=O) groups is 1. The molecule has 0 unspecified atom stereocenters. The van der Waals surface area contributed by atoms with Crippen LogP contribution >= 0.6 is 0 Å². The first-order valence-electron chi connectivity index (χ1n) is 5.84. The molecule has 0 spiro atoms. The van der Waals surface area contributed by atoms with Gasteiger partial charge in [-0.15, -0.1) is 0 Å². The van der Waals surface area contributed by atoms with Gasteiger partial charge in [-0.1, -0.05) is 12.1 Å². The standard InChI is InChI=1S/C14H15N3O2/c1-9-11(15)7-8-14(16-9)19-13-6-4-3-5-12(13)17-10(2)18/h3-8H,15H2,1-2H3,(H,17,18). The van der Waals surface area contributed by atoms with Crippen LogP contribution in [0.4, 0.5) is 11.4 Å². The van der Waals surface area contributed by atoms with Crippen LogP contribution in [0.5, 0.6) is 11.6 Å². The molecule has 0 aliphatic carbocycles. The average Bonchev–Trinajstić information content (AvgIpc) is 2.36. The van der Waals surface area contributed by atoms with Gasteiger partial charge in [-0.25, -0.2) is 4.98 Å². The molecule has 0 saturated heterocycles. The third-order valence-corrected chi connectivity index (χ3v) is 2.51. The van der Waals surface area contributed by atoms with E-state index in [1.54, 1.807) is 24.3 Å². The van der Waals surface area contributed by atoms with E-state index in [9.17, 15) is 4.79 Å². The van der Waals surface area contributed by atoms with Crippen molar-refractivity contribution in [2.45, 2.75) is 13.8 Å². The van der Waals surface area contributed by atoms with Crippen molar-refractivity contribution in [2.75, 3.05) is 11.1 Å². The van der Waals surface area contributed by atoms with Crippen LogP contribution in [-0.4, -0.2) is 10.9 Å². The predicted octanol–water partition coefficient (Wildman–Crippen LogP) is 2.72. The second-order valence-electron chi connectivity index (χ2n) is 4.10. The Bertz CT molecular complexity index is 611. The highest BCUT2D eigenvalue weighted by Crippen LogP contribution is 2.28. The molecule has 3 N–H and O–H groups in total. The first-order chi connectivity index (χ1) is 9.06. The van der Waals surface area contributed by atoms with Crippen LogP contribution in [0.15, 0.2) is 36.4 Å². The Morgan fingerprint density at radius 3 is 2.68 bits per heavy atom. The first-order valence-corrected chi connectivity index (χ1v) is 5.84. The lowest BCUT2D eigenvalue weighted by molar-refractivity contribution is -0.114. The van der Waals surface area contributed by atoms with E-state index in [0.717, 1.165) is 0 Å². The lowest BCUT2D eigenvalue weighted by Crippen LogP contribution is -2.07. The van der Waals surface area contributed by atoms with E-state index in [1.165, 1.54) is 6.92 Å². The van der Waals surface area contributed by atoms with Gasteiger partial charge in [-0.3, -0.25) is 4.79 Å². The van der Waals surface area contributed by atoms with Crippen LogP contribution in [0.2, 0.25) is 0 Å². The molecule has 0 saturated carbocycles. The highest BCUT2D eigenvalue weighted by molar-refractivity contribution is 5.90. The van der Waals surface area contributed by atoms with Gasteiger partial charge in [-0.2, -0.15) is 0 Å². The monoisotopic (exact) mass is 257 g/mol. The molecule has 0 fully saturated rings. The number of amides is 1. The van der Waals surface area contributed by atoms with Gasteiger partial charge in [0.25, 0.3) is 0 Å². The highest BCUT2D eigenvalue weighted by Gasteiger charge is 2.07. The van der Waals surface area contributed by atoms with Crippen LogP contribution in [0.1, 0.15) is 12.6 Å². The zero-order chi connectivity index (χ0) is 13.8. The number of benzene rings is 1. The Balaban J connectivity index is 2.27. The fraction of sp³-hybridized carbons (Fsp3) is 0.143. The molecule has 0 aliphatic heterocycles. The number of ether oxygens (including phenoxy) is 1. The number of anilines is 2. The molecule has 0 aliphatic rings. The summed E-state index contributed by atoms with van der Waals surface area (Å²) in [5, 5.41) is 2.70. The molecule has 1 heterocycles. The Kier molecular flexibility index (Phi) is 3.66. The average molecular weight is 257 g/mol. The minimum atomic E-state index is -0.155. The fourth-order valence-electron chi connectivity index (χ4n) is 1.57. The van der Waals surface area contributed by atoms with Crippen LogP contribution in [0, 0.1) is 6.92 Å². The van der Waals surface area contributed by atoms with Gasteiger partial charge in [0.2, 0.25) is 11.8 Å². The van der Waals surface area contributed by atoms with E-state index in [-0.39, 0.29) is 5.91 Å². The SMILES string of the molecule is CC(=O)Nc1ccccc1Oc1ccc(N)c(C)n1. The van der Waals surface area contributed by atoms with Gasteiger partial charge in [0.15, 0.2) is 5.75 Å². The van der Waals surface area contributed by atoms with Crippen LogP contribution in [-0.2, 0) is 4.79 Å². The first kappa shape index (κ1) is 12.9. The Labute approximate surface area is 111 Å². The molecule has 2 rings (SSSR count). The Morgan fingerprint density at radius 1 is 1.26 bits per heavy atom. The minimum Gasteiger partial charge on any atom is -0.437 e. The molecule has 19 heavy (non-hydrogen) atoms. The van der Waals surface area contributed by atoms with Crippen molar-refractivity contribution in [3.05, 3.63) is 42.1 Å². The number of aryl methyl sites for hydroxylation is 1.